The number of aliphatic hydroxyl groups is 3. The molecule has 0 aromatic heterocycles. The number of hydrogen-bond donors (Lipinski definition) is 3. The molecule has 3 rings (SSSR count). The van der Waals surface area contributed by atoms with Gasteiger partial charge in [-0.15, -0.1) is 0 Å². The van der Waals surface area contributed by atoms with Crippen molar-refractivity contribution in [2.75, 3.05) is 13.2 Å². The van der Waals surface area contributed by atoms with Crippen molar-refractivity contribution in [2.24, 2.45) is 11.3 Å². The highest BCUT2D eigenvalue weighted by atomic mass is 16.5. The molecular formula is C26H36O4. The molecule has 4 heteroatoms. The van der Waals surface area contributed by atoms with Crippen molar-refractivity contribution in [2.45, 2.75) is 77.1 Å². The minimum Gasteiger partial charge on any atom is -0.393 e. The van der Waals surface area contributed by atoms with Crippen LogP contribution in [0.25, 0.3) is 0 Å². The van der Waals surface area contributed by atoms with Crippen LogP contribution in [-0.2, 0) is 4.74 Å². The van der Waals surface area contributed by atoms with Gasteiger partial charge in [0.25, 0.3) is 0 Å². The molecule has 30 heavy (non-hydrogen) atoms. The number of hydrogen-bond acceptors (Lipinski definition) is 4. The van der Waals surface area contributed by atoms with E-state index in [-0.39, 0.29) is 5.41 Å². The van der Waals surface area contributed by atoms with E-state index in [4.69, 9.17) is 4.74 Å². The summed E-state index contributed by atoms with van der Waals surface area (Å²) < 4.78 is 5.80. The lowest BCUT2D eigenvalue weighted by Gasteiger charge is -2.41. The fraction of sp³-hybridized carbons (Fsp3) is 0.615. The van der Waals surface area contributed by atoms with Crippen molar-refractivity contribution in [3.8, 4) is 11.8 Å². The first-order valence-electron chi connectivity index (χ1n) is 11.0. The number of rotatable bonds is 4. The van der Waals surface area contributed by atoms with Crippen LogP contribution in [0.2, 0.25) is 0 Å². The summed E-state index contributed by atoms with van der Waals surface area (Å²) in [6.07, 6.45) is 10.8. The van der Waals surface area contributed by atoms with Crippen LogP contribution in [0.15, 0.2) is 47.1 Å². The Morgan fingerprint density at radius 3 is 2.83 bits per heavy atom. The van der Waals surface area contributed by atoms with E-state index in [9.17, 15) is 15.3 Å². The second kappa shape index (κ2) is 9.24. The highest BCUT2D eigenvalue weighted by Gasteiger charge is 2.44. The van der Waals surface area contributed by atoms with E-state index in [2.05, 4.69) is 43.6 Å². The molecule has 0 aliphatic heterocycles. The van der Waals surface area contributed by atoms with E-state index in [0.29, 0.717) is 32.0 Å². The molecule has 2 saturated carbocycles. The first-order valence-corrected chi connectivity index (χ1v) is 11.0. The molecule has 3 aliphatic carbocycles. The van der Waals surface area contributed by atoms with E-state index < -0.39 is 17.8 Å². The number of ether oxygens (including phenoxy) is 1. The molecule has 0 aromatic rings. The predicted molar refractivity (Wildman–Crippen MR) is 120 cm³/mol. The summed E-state index contributed by atoms with van der Waals surface area (Å²) in [5, 5.41) is 29.7. The highest BCUT2D eigenvalue weighted by Crippen LogP contribution is 2.54. The first kappa shape index (κ1) is 23.0. The third-order valence-electron chi connectivity index (χ3n) is 6.80. The van der Waals surface area contributed by atoms with Crippen LogP contribution in [-0.4, -0.2) is 46.3 Å². The van der Waals surface area contributed by atoms with Crippen molar-refractivity contribution < 1.29 is 20.1 Å². The van der Waals surface area contributed by atoms with Gasteiger partial charge in [-0.05, 0) is 74.0 Å². The Labute approximate surface area is 181 Å². The molecule has 0 unspecified atom stereocenters. The summed E-state index contributed by atoms with van der Waals surface area (Å²) in [5.41, 5.74) is 3.60. The predicted octanol–water partition coefficient (Wildman–Crippen LogP) is 3.84. The molecule has 3 aliphatic rings. The Hall–Kier alpha value is -1.64. The SMILES string of the molecule is C=C1/C(=C\C=C2/CCC[C@]3(C)C(COCC#CC(C)(C)O)=CC[C@@H]23)C[C@@H](O)C[C@@H]1O. The van der Waals surface area contributed by atoms with Crippen molar-refractivity contribution in [3.63, 3.8) is 0 Å². The van der Waals surface area contributed by atoms with Gasteiger partial charge in [-0.2, -0.15) is 0 Å². The minimum absolute atomic E-state index is 0.106. The standard InChI is InChI=1S/C26H36O4/c1-18-20(15-22(27)16-24(18)28)9-8-19-7-5-13-26(4)21(10-11-23(19)26)17-30-14-6-12-25(2,3)29/h8-10,22-24,27-29H,1,5,7,11,13-17H2,2-4H3/b19-8+,20-9-/t22-,23+,24+,26-/m1/s1. The minimum atomic E-state index is -0.986. The first-order chi connectivity index (χ1) is 14.1. The van der Waals surface area contributed by atoms with E-state index in [1.54, 1.807) is 13.8 Å². The van der Waals surface area contributed by atoms with Gasteiger partial charge >= 0.3 is 0 Å². The van der Waals surface area contributed by atoms with Gasteiger partial charge in [0, 0.05) is 6.42 Å². The molecule has 4 nitrogen and oxygen atoms in total. The second-order valence-corrected chi connectivity index (χ2v) is 9.71. The van der Waals surface area contributed by atoms with Crippen LogP contribution in [0.4, 0.5) is 0 Å². The lowest BCUT2D eigenvalue weighted by atomic mass is 9.64. The summed E-state index contributed by atoms with van der Waals surface area (Å²) >= 11 is 0. The van der Waals surface area contributed by atoms with Gasteiger partial charge in [0.05, 0.1) is 18.8 Å². The summed E-state index contributed by atoms with van der Waals surface area (Å²) in [6.45, 7) is 10.6. The Balaban J connectivity index is 1.66. The average Bonchev–Trinajstić information content (AvgIpc) is 2.99. The molecule has 4 atom stereocenters. The van der Waals surface area contributed by atoms with Crippen molar-refractivity contribution in [1.29, 1.82) is 0 Å². The monoisotopic (exact) mass is 412 g/mol. The molecule has 0 saturated heterocycles. The van der Waals surface area contributed by atoms with Gasteiger partial charge in [-0.1, -0.05) is 49.1 Å². The Kier molecular flexibility index (Phi) is 7.09. The van der Waals surface area contributed by atoms with E-state index in [1.165, 1.54) is 11.1 Å². The second-order valence-electron chi connectivity index (χ2n) is 9.71. The zero-order chi connectivity index (χ0) is 21.9. The Morgan fingerprint density at radius 2 is 2.10 bits per heavy atom. The summed E-state index contributed by atoms with van der Waals surface area (Å²) in [4.78, 5) is 0. The molecular weight excluding hydrogens is 376 g/mol. The maximum atomic E-state index is 10.1. The number of fused-ring (bicyclic) bond motifs is 1. The normalized spacial score (nSPS) is 34.5. The molecule has 164 valence electrons. The van der Waals surface area contributed by atoms with E-state index in [1.807, 2.05) is 0 Å². The zero-order valence-corrected chi connectivity index (χ0v) is 18.6. The Morgan fingerprint density at radius 1 is 1.33 bits per heavy atom. The van der Waals surface area contributed by atoms with E-state index in [0.717, 1.165) is 36.8 Å². The van der Waals surface area contributed by atoms with Crippen LogP contribution in [0.5, 0.6) is 0 Å². The van der Waals surface area contributed by atoms with Crippen LogP contribution in [0, 0.1) is 23.2 Å². The quantitative estimate of drug-likeness (QED) is 0.373. The highest BCUT2D eigenvalue weighted by molar-refractivity contribution is 5.40. The number of aliphatic hydroxyl groups excluding tert-OH is 2. The van der Waals surface area contributed by atoms with Crippen LogP contribution in [0.3, 0.4) is 0 Å². The zero-order valence-electron chi connectivity index (χ0n) is 18.6. The van der Waals surface area contributed by atoms with Gasteiger partial charge < -0.3 is 20.1 Å². The average molecular weight is 413 g/mol. The van der Waals surface area contributed by atoms with Gasteiger partial charge in [0.2, 0.25) is 0 Å². The molecule has 3 N–H and O–H groups in total. The molecule has 0 amide bonds. The topological polar surface area (TPSA) is 69.9 Å². The van der Waals surface area contributed by atoms with Crippen molar-refractivity contribution >= 4 is 0 Å². The van der Waals surface area contributed by atoms with E-state index >= 15 is 0 Å². The van der Waals surface area contributed by atoms with Gasteiger partial charge in [0.1, 0.15) is 12.2 Å². The summed E-state index contributed by atoms with van der Waals surface area (Å²) in [6, 6.07) is 0. The fourth-order valence-electron chi connectivity index (χ4n) is 5.06. The molecule has 0 heterocycles. The van der Waals surface area contributed by atoms with Gasteiger partial charge in [-0.3, -0.25) is 0 Å². The molecule has 2 fully saturated rings. The van der Waals surface area contributed by atoms with Crippen LogP contribution < -0.4 is 0 Å². The van der Waals surface area contributed by atoms with Crippen molar-refractivity contribution in [3.05, 3.63) is 47.1 Å². The molecule has 0 bridgehead atoms. The number of allylic oxidation sites excluding steroid dienone is 4. The fourth-order valence-corrected chi connectivity index (χ4v) is 5.06. The third kappa shape index (κ3) is 5.34. The third-order valence-corrected chi connectivity index (χ3v) is 6.80. The maximum Gasteiger partial charge on any atom is 0.120 e. The van der Waals surface area contributed by atoms with Gasteiger partial charge in [0.15, 0.2) is 0 Å². The van der Waals surface area contributed by atoms with Gasteiger partial charge in [-0.25, -0.2) is 0 Å². The lowest BCUT2D eigenvalue weighted by molar-refractivity contribution is 0.0862. The van der Waals surface area contributed by atoms with Crippen LogP contribution >= 0.6 is 0 Å². The van der Waals surface area contributed by atoms with Crippen molar-refractivity contribution in [1.82, 2.24) is 0 Å². The molecule has 0 spiro atoms. The summed E-state index contributed by atoms with van der Waals surface area (Å²) in [7, 11) is 0. The smallest absolute Gasteiger partial charge is 0.120 e. The maximum absolute atomic E-state index is 10.1. The molecule has 0 aromatic carbocycles. The lowest BCUT2D eigenvalue weighted by Crippen LogP contribution is -2.32. The Bertz CT molecular complexity index is 814. The summed E-state index contributed by atoms with van der Waals surface area (Å²) in [5.74, 6) is 6.14. The largest absolute Gasteiger partial charge is 0.393 e. The molecule has 0 radical (unpaired) electrons. The van der Waals surface area contributed by atoms with Crippen LogP contribution in [0.1, 0.15) is 59.3 Å².